The maximum Gasteiger partial charge on any atom is 0.308 e. The van der Waals surface area contributed by atoms with Gasteiger partial charge in [-0.2, -0.15) is 0 Å². The van der Waals surface area contributed by atoms with Crippen molar-refractivity contribution in [2.75, 3.05) is 6.54 Å². The molecule has 0 aromatic heterocycles. The van der Waals surface area contributed by atoms with Crippen LogP contribution in [0.15, 0.2) is 24.3 Å². The molecule has 0 radical (unpaired) electrons. The molecule has 1 aliphatic heterocycles. The Morgan fingerprint density at radius 2 is 1.95 bits per heavy atom. The highest BCUT2D eigenvalue weighted by Crippen LogP contribution is 2.35. The van der Waals surface area contributed by atoms with Crippen LogP contribution in [0.3, 0.4) is 0 Å². The maximum absolute atomic E-state index is 12.9. The van der Waals surface area contributed by atoms with Gasteiger partial charge in [0.15, 0.2) is 0 Å². The molecule has 4 nitrogen and oxygen atoms in total. The zero-order chi connectivity index (χ0) is 15.8. The summed E-state index contributed by atoms with van der Waals surface area (Å²) >= 11 is 6.21. The Morgan fingerprint density at radius 3 is 2.48 bits per heavy atom. The molecule has 1 aliphatic rings. The molecule has 0 bridgehead atoms. The second-order valence-electron chi connectivity index (χ2n) is 6.08. The summed E-state index contributed by atoms with van der Waals surface area (Å²) in [6, 6.07) is 6.99. The lowest BCUT2D eigenvalue weighted by atomic mass is 9.83. The Balaban J connectivity index is 2.28. The number of nitrogens with zero attached hydrogens (tertiary/aromatic N) is 1. The summed E-state index contributed by atoms with van der Waals surface area (Å²) < 4.78 is 0. The lowest BCUT2D eigenvalue weighted by molar-refractivity contribution is -0.143. The van der Waals surface area contributed by atoms with E-state index < -0.39 is 17.3 Å². The quantitative estimate of drug-likeness (QED) is 0.934. The summed E-state index contributed by atoms with van der Waals surface area (Å²) in [5.74, 6) is -1.41. The van der Waals surface area contributed by atoms with Gasteiger partial charge in [-0.3, -0.25) is 9.59 Å². The first kappa shape index (κ1) is 15.8. The van der Waals surface area contributed by atoms with Gasteiger partial charge in [-0.1, -0.05) is 29.8 Å². The second kappa shape index (κ2) is 5.68. The van der Waals surface area contributed by atoms with Crippen molar-refractivity contribution in [3.05, 3.63) is 34.9 Å². The van der Waals surface area contributed by atoms with E-state index in [2.05, 4.69) is 0 Å². The number of likely N-dealkylation sites (tertiary alicyclic amines) is 1. The van der Waals surface area contributed by atoms with Gasteiger partial charge in [-0.05, 0) is 38.8 Å². The summed E-state index contributed by atoms with van der Waals surface area (Å²) in [5.41, 5.74) is -0.0114. The molecule has 21 heavy (non-hydrogen) atoms. The lowest BCUT2D eigenvalue weighted by Gasteiger charge is -2.33. The molecule has 2 unspecified atom stereocenters. The molecule has 1 saturated heterocycles. The Labute approximate surface area is 129 Å². The number of benzene rings is 1. The zero-order valence-corrected chi connectivity index (χ0v) is 13.2. The summed E-state index contributed by atoms with van der Waals surface area (Å²) in [7, 11) is 0. The minimum absolute atomic E-state index is 0.0770. The number of halogens is 1. The Bertz CT molecular complexity index is 570. The largest absolute Gasteiger partial charge is 0.481 e. The van der Waals surface area contributed by atoms with Crippen molar-refractivity contribution in [1.29, 1.82) is 0 Å². The van der Waals surface area contributed by atoms with Gasteiger partial charge in [0.2, 0.25) is 5.91 Å². The molecule has 114 valence electrons. The minimum Gasteiger partial charge on any atom is -0.481 e. The van der Waals surface area contributed by atoms with Crippen LogP contribution in [0.5, 0.6) is 0 Å². The first-order valence-corrected chi connectivity index (χ1v) is 7.43. The number of hydrogen-bond acceptors (Lipinski definition) is 2. The molecule has 0 saturated carbocycles. The van der Waals surface area contributed by atoms with E-state index in [0.29, 0.717) is 18.0 Å². The van der Waals surface area contributed by atoms with Gasteiger partial charge in [-0.25, -0.2) is 0 Å². The van der Waals surface area contributed by atoms with Crippen molar-refractivity contribution >= 4 is 23.5 Å². The third-order valence-corrected chi connectivity index (χ3v) is 4.74. The van der Waals surface area contributed by atoms with Crippen molar-refractivity contribution in [1.82, 2.24) is 4.90 Å². The Morgan fingerprint density at radius 1 is 1.33 bits per heavy atom. The molecule has 1 N–H and O–H groups in total. The number of carbonyl (C=O) groups is 2. The monoisotopic (exact) mass is 309 g/mol. The summed E-state index contributed by atoms with van der Waals surface area (Å²) in [6.45, 7) is 5.94. The lowest BCUT2D eigenvalue weighted by Crippen LogP contribution is -2.46. The molecule has 1 aromatic rings. The van der Waals surface area contributed by atoms with Crippen LogP contribution in [0.1, 0.15) is 32.8 Å². The van der Waals surface area contributed by atoms with Crippen molar-refractivity contribution in [3.8, 4) is 0 Å². The van der Waals surface area contributed by atoms with Crippen molar-refractivity contribution in [2.45, 2.75) is 38.6 Å². The first-order chi connectivity index (χ1) is 9.76. The van der Waals surface area contributed by atoms with E-state index >= 15 is 0 Å². The van der Waals surface area contributed by atoms with Gasteiger partial charge in [0.05, 0.1) is 11.3 Å². The molecule has 0 aliphatic carbocycles. The predicted molar refractivity (Wildman–Crippen MR) is 81.4 cm³/mol. The van der Waals surface area contributed by atoms with Crippen molar-refractivity contribution in [2.24, 2.45) is 5.92 Å². The molecule has 1 amide bonds. The number of carboxylic acid groups (broad SMARTS) is 1. The summed E-state index contributed by atoms with van der Waals surface area (Å²) in [6.07, 6.45) is 0.501. The zero-order valence-electron chi connectivity index (χ0n) is 12.5. The molecule has 2 rings (SSSR count). The SMILES string of the molecule is CC1C(C(=O)O)CCN1C(=O)C(C)(C)c1ccccc1Cl. The van der Waals surface area contributed by atoms with E-state index in [1.807, 2.05) is 32.0 Å². The minimum atomic E-state index is -0.839. The number of hydrogen-bond donors (Lipinski definition) is 1. The molecule has 1 aromatic carbocycles. The van der Waals surface area contributed by atoms with Gasteiger partial charge in [0, 0.05) is 17.6 Å². The number of aliphatic carboxylic acids is 1. The first-order valence-electron chi connectivity index (χ1n) is 7.05. The molecule has 5 heteroatoms. The second-order valence-corrected chi connectivity index (χ2v) is 6.48. The van der Waals surface area contributed by atoms with E-state index in [1.54, 1.807) is 17.9 Å². The van der Waals surface area contributed by atoms with Crippen LogP contribution in [0.4, 0.5) is 0 Å². The highest BCUT2D eigenvalue weighted by atomic mass is 35.5. The fourth-order valence-electron chi connectivity index (χ4n) is 3.00. The number of amides is 1. The molecule has 0 spiro atoms. The Kier molecular flexibility index (Phi) is 4.28. The molecule has 1 fully saturated rings. The van der Waals surface area contributed by atoms with Crippen LogP contribution in [0.2, 0.25) is 5.02 Å². The normalized spacial score (nSPS) is 22.4. The van der Waals surface area contributed by atoms with Gasteiger partial charge in [0.1, 0.15) is 0 Å². The fraction of sp³-hybridized carbons (Fsp3) is 0.500. The van der Waals surface area contributed by atoms with E-state index in [4.69, 9.17) is 11.6 Å². The van der Waals surface area contributed by atoms with Crippen molar-refractivity contribution in [3.63, 3.8) is 0 Å². The molecular weight excluding hydrogens is 290 g/mol. The fourth-order valence-corrected chi connectivity index (χ4v) is 3.37. The van der Waals surface area contributed by atoms with Crippen LogP contribution in [-0.2, 0) is 15.0 Å². The van der Waals surface area contributed by atoms with Gasteiger partial charge in [0.25, 0.3) is 0 Å². The van der Waals surface area contributed by atoms with E-state index in [1.165, 1.54) is 0 Å². The summed E-state index contributed by atoms with van der Waals surface area (Å²) in [4.78, 5) is 25.7. The number of carboxylic acids is 1. The van der Waals surface area contributed by atoms with Crippen molar-refractivity contribution < 1.29 is 14.7 Å². The smallest absolute Gasteiger partial charge is 0.308 e. The van der Waals surface area contributed by atoms with E-state index in [-0.39, 0.29) is 11.9 Å². The third kappa shape index (κ3) is 2.77. The highest BCUT2D eigenvalue weighted by Gasteiger charge is 2.43. The predicted octanol–water partition coefficient (Wildman–Crippen LogP) is 2.94. The molecule has 1 heterocycles. The van der Waals surface area contributed by atoms with Crippen LogP contribution in [0, 0.1) is 5.92 Å². The van der Waals surface area contributed by atoms with Gasteiger partial charge in [-0.15, -0.1) is 0 Å². The standard InChI is InChI=1S/C16H20ClNO3/c1-10-11(14(19)20)8-9-18(10)15(21)16(2,3)12-6-4-5-7-13(12)17/h4-7,10-11H,8-9H2,1-3H3,(H,19,20). The van der Waals surface area contributed by atoms with Crippen LogP contribution < -0.4 is 0 Å². The van der Waals surface area contributed by atoms with Crippen LogP contribution >= 0.6 is 11.6 Å². The molecular formula is C16H20ClNO3. The van der Waals surface area contributed by atoms with E-state index in [0.717, 1.165) is 5.56 Å². The average molecular weight is 310 g/mol. The maximum atomic E-state index is 12.9. The topological polar surface area (TPSA) is 57.6 Å². The summed E-state index contributed by atoms with van der Waals surface area (Å²) in [5, 5.41) is 9.74. The third-order valence-electron chi connectivity index (χ3n) is 4.41. The van der Waals surface area contributed by atoms with Crippen LogP contribution in [-0.4, -0.2) is 34.5 Å². The number of carbonyl (C=O) groups excluding carboxylic acids is 1. The van der Waals surface area contributed by atoms with Gasteiger partial charge < -0.3 is 10.0 Å². The highest BCUT2D eigenvalue weighted by molar-refractivity contribution is 6.31. The molecule has 2 atom stereocenters. The van der Waals surface area contributed by atoms with Gasteiger partial charge >= 0.3 is 5.97 Å². The average Bonchev–Trinajstić information content (AvgIpc) is 2.80. The number of rotatable bonds is 3. The van der Waals surface area contributed by atoms with E-state index in [9.17, 15) is 14.7 Å². The Hall–Kier alpha value is -1.55. The van der Waals surface area contributed by atoms with Crippen LogP contribution in [0.25, 0.3) is 0 Å².